The number of rotatable bonds is 4. The van der Waals surface area contributed by atoms with E-state index in [2.05, 4.69) is 103 Å². The van der Waals surface area contributed by atoms with Crippen molar-refractivity contribution in [2.75, 3.05) is 5.32 Å². The van der Waals surface area contributed by atoms with Crippen LogP contribution in [-0.4, -0.2) is 0 Å². The Kier molecular flexibility index (Phi) is 5.17. The molecule has 3 heteroatoms. The minimum atomic E-state index is 0.384. The van der Waals surface area contributed by atoms with Crippen LogP contribution in [0.15, 0.2) is 136 Å². The van der Waals surface area contributed by atoms with Crippen LogP contribution in [0, 0.1) is 5.92 Å². The molecule has 0 amide bonds. The molecule has 0 saturated carbocycles. The summed E-state index contributed by atoms with van der Waals surface area (Å²) in [5.41, 5.74) is 10.5. The van der Waals surface area contributed by atoms with Gasteiger partial charge in [-0.15, -0.1) is 0 Å². The zero-order valence-corrected chi connectivity index (χ0v) is 22.1. The summed E-state index contributed by atoms with van der Waals surface area (Å²) in [7, 11) is 0. The van der Waals surface area contributed by atoms with Gasteiger partial charge in [-0.1, -0.05) is 97.9 Å². The van der Waals surface area contributed by atoms with E-state index < -0.39 is 0 Å². The van der Waals surface area contributed by atoms with E-state index in [1.54, 1.807) is 0 Å². The van der Waals surface area contributed by atoms with Crippen LogP contribution in [-0.2, 0) is 0 Å². The smallest absolute Gasteiger partial charge is 0.143 e. The van der Waals surface area contributed by atoms with Crippen LogP contribution in [0.3, 0.4) is 0 Å². The molecule has 1 N–H and O–H groups in total. The Morgan fingerprint density at radius 3 is 2.05 bits per heavy atom. The molecule has 0 aliphatic heterocycles. The van der Waals surface area contributed by atoms with Crippen LogP contribution >= 0.6 is 0 Å². The second-order valence-electron chi connectivity index (χ2n) is 10.7. The van der Waals surface area contributed by atoms with E-state index in [1.165, 1.54) is 11.3 Å². The third-order valence-corrected chi connectivity index (χ3v) is 7.92. The summed E-state index contributed by atoms with van der Waals surface area (Å²) in [6, 6.07) is 37.9. The molecule has 40 heavy (non-hydrogen) atoms. The van der Waals surface area contributed by atoms with Gasteiger partial charge in [0.05, 0.1) is 0 Å². The lowest BCUT2D eigenvalue weighted by atomic mass is 9.90. The van der Waals surface area contributed by atoms with Gasteiger partial charge in [0.15, 0.2) is 0 Å². The maximum Gasteiger partial charge on any atom is 0.143 e. The standard InChI is InChI=1S/C37H27NO2/c1-23-18-25(28-14-9-15-31-29-12-5-7-16-34(29)39-36(28)31)20-26(19-23)38-27-21-32(24-10-3-2-4-11-24)37-33(22-27)30-13-6-8-17-35(30)40-37/h2-18,20-23,38H,19H2,1H3. The highest BCUT2D eigenvalue weighted by molar-refractivity contribution is 6.11. The van der Waals surface area contributed by atoms with Gasteiger partial charge in [0.25, 0.3) is 0 Å². The molecule has 0 fully saturated rings. The van der Waals surface area contributed by atoms with Crippen LogP contribution in [0.1, 0.15) is 18.9 Å². The van der Waals surface area contributed by atoms with Gasteiger partial charge in [-0.25, -0.2) is 0 Å². The van der Waals surface area contributed by atoms with Gasteiger partial charge >= 0.3 is 0 Å². The normalized spacial score (nSPS) is 15.6. The van der Waals surface area contributed by atoms with Gasteiger partial charge < -0.3 is 14.2 Å². The first-order chi connectivity index (χ1) is 19.7. The molecule has 1 atom stereocenters. The fourth-order valence-electron chi connectivity index (χ4n) is 6.15. The van der Waals surface area contributed by atoms with Crippen molar-refractivity contribution < 1.29 is 8.83 Å². The van der Waals surface area contributed by atoms with Crippen molar-refractivity contribution in [3.05, 3.63) is 133 Å². The topological polar surface area (TPSA) is 38.3 Å². The number of furan rings is 2. The number of hydrogen-bond donors (Lipinski definition) is 1. The van der Waals surface area contributed by atoms with E-state index in [9.17, 15) is 0 Å². The summed E-state index contributed by atoms with van der Waals surface area (Å²) in [5, 5.41) is 8.34. The quantitative estimate of drug-likeness (QED) is 0.252. The third-order valence-electron chi connectivity index (χ3n) is 7.92. The number of anilines is 1. The molecule has 0 saturated heterocycles. The summed E-state index contributed by atoms with van der Waals surface area (Å²) in [5.74, 6) is 0.384. The molecule has 5 aromatic carbocycles. The van der Waals surface area contributed by atoms with E-state index in [4.69, 9.17) is 8.83 Å². The summed E-state index contributed by atoms with van der Waals surface area (Å²) in [6.45, 7) is 2.27. The highest BCUT2D eigenvalue weighted by Crippen LogP contribution is 2.40. The van der Waals surface area contributed by atoms with E-state index in [0.717, 1.165) is 72.7 Å². The Balaban J connectivity index is 1.24. The summed E-state index contributed by atoms with van der Waals surface area (Å²) in [6.07, 6.45) is 5.57. The zero-order chi connectivity index (χ0) is 26.6. The van der Waals surface area contributed by atoms with Crippen LogP contribution in [0.25, 0.3) is 60.6 Å². The molecule has 1 aliphatic rings. The predicted molar refractivity (Wildman–Crippen MR) is 166 cm³/mol. The molecule has 0 bridgehead atoms. The fraction of sp³-hybridized carbons (Fsp3) is 0.0811. The molecule has 0 radical (unpaired) electrons. The zero-order valence-electron chi connectivity index (χ0n) is 22.1. The first kappa shape index (κ1) is 22.9. The van der Waals surface area contributed by atoms with Gasteiger partial charge in [0, 0.05) is 44.1 Å². The van der Waals surface area contributed by atoms with Gasteiger partial charge in [-0.05, 0) is 53.8 Å². The van der Waals surface area contributed by atoms with Crippen molar-refractivity contribution in [3.8, 4) is 11.1 Å². The second-order valence-corrected chi connectivity index (χ2v) is 10.7. The molecule has 7 aromatic rings. The Hall–Kier alpha value is -5.02. The first-order valence-corrected chi connectivity index (χ1v) is 13.8. The summed E-state index contributed by atoms with van der Waals surface area (Å²) < 4.78 is 12.7. The molecule has 2 heterocycles. The van der Waals surface area contributed by atoms with Gasteiger partial charge in [0.1, 0.15) is 22.3 Å². The largest absolute Gasteiger partial charge is 0.455 e. The number of nitrogens with one attached hydrogen (secondary N) is 1. The summed E-state index contributed by atoms with van der Waals surface area (Å²) >= 11 is 0. The summed E-state index contributed by atoms with van der Waals surface area (Å²) in [4.78, 5) is 0. The number of fused-ring (bicyclic) bond motifs is 6. The van der Waals surface area contributed by atoms with Crippen LogP contribution in [0.2, 0.25) is 0 Å². The van der Waals surface area contributed by atoms with Gasteiger partial charge in [0.2, 0.25) is 0 Å². The van der Waals surface area contributed by atoms with Gasteiger partial charge in [-0.3, -0.25) is 0 Å². The molecule has 2 aromatic heterocycles. The van der Waals surface area contributed by atoms with Crippen molar-refractivity contribution >= 4 is 55.1 Å². The number of benzene rings is 5. The molecule has 0 spiro atoms. The lowest BCUT2D eigenvalue weighted by Gasteiger charge is -2.21. The minimum absolute atomic E-state index is 0.384. The molecule has 3 nitrogen and oxygen atoms in total. The lowest BCUT2D eigenvalue weighted by molar-refractivity contribution is 0.667. The molecular formula is C37H27NO2. The van der Waals surface area contributed by atoms with E-state index in [1.807, 2.05) is 30.3 Å². The van der Waals surface area contributed by atoms with Crippen molar-refractivity contribution in [1.29, 1.82) is 0 Å². The Morgan fingerprint density at radius 1 is 0.625 bits per heavy atom. The highest BCUT2D eigenvalue weighted by Gasteiger charge is 2.19. The van der Waals surface area contributed by atoms with Crippen LogP contribution in [0.4, 0.5) is 5.69 Å². The molecular weight excluding hydrogens is 490 g/mol. The molecule has 1 aliphatic carbocycles. The van der Waals surface area contributed by atoms with Gasteiger partial charge in [-0.2, -0.15) is 0 Å². The van der Waals surface area contributed by atoms with E-state index in [-0.39, 0.29) is 0 Å². The predicted octanol–water partition coefficient (Wildman–Crippen LogP) is 10.6. The number of para-hydroxylation sites is 3. The lowest BCUT2D eigenvalue weighted by Crippen LogP contribution is -2.08. The monoisotopic (exact) mass is 517 g/mol. The second kappa shape index (κ2) is 9.03. The van der Waals surface area contributed by atoms with Crippen molar-refractivity contribution in [2.24, 2.45) is 5.92 Å². The number of allylic oxidation sites excluding steroid dienone is 4. The number of hydrogen-bond acceptors (Lipinski definition) is 3. The minimum Gasteiger partial charge on any atom is -0.455 e. The maximum absolute atomic E-state index is 6.38. The average Bonchev–Trinajstić information content (AvgIpc) is 3.55. The average molecular weight is 518 g/mol. The van der Waals surface area contributed by atoms with E-state index in [0.29, 0.717) is 5.92 Å². The molecule has 1 unspecified atom stereocenters. The Bertz CT molecular complexity index is 2120. The maximum atomic E-state index is 6.38. The third kappa shape index (κ3) is 3.74. The van der Waals surface area contributed by atoms with Crippen LogP contribution in [0.5, 0.6) is 0 Å². The van der Waals surface area contributed by atoms with Crippen molar-refractivity contribution in [1.82, 2.24) is 0 Å². The van der Waals surface area contributed by atoms with E-state index >= 15 is 0 Å². The van der Waals surface area contributed by atoms with Crippen molar-refractivity contribution in [2.45, 2.75) is 13.3 Å². The fourth-order valence-corrected chi connectivity index (χ4v) is 6.15. The SMILES string of the molecule is CC1C=C(c2cccc3c2oc2ccccc23)C=C(Nc2cc(-c3ccccc3)c3oc4ccccc4c3c2)C1. The molecule has 8 rings (SSSR count). The molecule has 192 valence electrons. The Morgan fingerprint density at radius 2 is 1.27 bits per heavy atom. The highest BCUT2D eigenvalue weighted by atomic mass is 16.3. The van der Waals surface area contributed by atoms with Crippen molar-refractivity contribution in [3.63, 3.8) is 0 Å². The first-order valence-electron chi connectivity index (χ1n) is 13.8. The Labute approximate surface area is 232 Å². The van der Waals surface area contributed by atoms with Crippen LogP contribution < -0.4 is 5.32 Å².